The molecule has 0 bridgehead atoms. The number of nitro benzene ring substituents is 1. The molecule has 1 spiro atoms. The number of methoxy groups -OCH3 is 2. The Labute approximate surface area is 193 Å². The quantitative estimate of drug-likeness (QED) is 0.292. The van der Waals surface area contributed by atoms with Crippen LogP contribution in [-0.4, -0.2) is 56.4 Å². The average Bonchev–Trinajstić information content (AvgIpc) is 2.82. The van der Waals surface area contributed by atoms with E-state index in [4.69, 9.17) is 9.47 Å². The van der Waals surface area contributed by atoms with E-state index in [1.807, 2.05) is 0 Å². The minimum absolute atomic E-state index is 0.0822. The summed E-state index contributed by atoms with van der Waals surface area (Å²) in [6, 6.07) is 7.89. The van der Waals surface area contributed by atoms with Gasteiger partial charge in [-0.2, -0.15) is 0 Å². The molecule has 11 nitrogen and oxygen atoms in total. The molecule has 2 aromatic rings. The van der Waals surface area contributed by atoms with Gasteiger partial charge in [0.05, 0.1) is 17.2 Å². The summed E-state index contributed by atoms with van der Waals surface area (Å²) in [5.74, 6) is -2.20. The van der Waals surface area contributed by atoms with E-state index < -0.39 is 40.3 Å². The number of fused-ring (bicyclic) bond motifs is 1. The van der Waals surface area contributed by atoms with Crippen LogP contribution >= 0.6 is 0 Å². The molecule has 2 aromatic carbocycles. The number of nitrogens with zero attached hydrogens (tertiary/aromatic N) is 3. The Hall–Kier alpha value is -3.90. The minimum Gasteiger partial charge on any atom is -0.365 e. The number of benzene rings is 2. The largest absolute Gasteiger partial charge is 0.365 e. The van der Waals surface area contributed by atoms with E-state index in [9.17, 15) is 28.9 Å². The first-order valence-corrected chi connectivity index (χ1v) is 10.2. The second kappa shape index (κ2) is 8.80. The van der Waals surface area contributed by atoms with Crippen LogP contribution in [0, 0.1) is 21.3 Å². The molecule has 0 radical (unpaired) electrons. The van der Waals surface area contributed by atoms with Gasteiger partial charge in [-0.15, -0.1) is 0 Å². The Morgan fingerprint density at radius 3 is 2.44 bits per heavy atom. The third-order valence-corrected chi connectivity index (χ3v) is 6.02. The summed E-state index contributed by atoms with van der Waals surface area (Å²) < 4.78 is 24.0. The predicted molar refractivity (Wildman–Crippen MR) is 117 cm³/mol. The van der Waals surface area contributed by atoms with Crippen molar-refractivity contribution in [2.45, 2.75) is 12.7 Å². The number of nitrogens with one attached hydrogen (secondary N) is 1. The molecular formula is C22H21FN4O7. The van der Waals surface area contributed by atoms with Gasteiger partial charge in [-0.1, -0.05) is 0 Å². The zero-order valence-electron chi connectivity index (χ0n) is 18.3. The number of halogens is 1. The summed E-state index contributed by atoms with van der Waals surface area (Å²) in [6.07, 6.45) is -0.907. The van der Waals surface area contributed by atoms with E-state index in [1.165, 1.54) is 44.6 Å². The fourth-order valence-electron chi connectivity index (χ4n) is 4.31. The Balaban J connectivity index is 1.81. The van der Waals surface area contributed by atoms with Gasteiger partial charge in [-0.05, 0) is 42.3 Å². The number of urea groups is 1. The molecule has 4 rings (SSSR count). The average molecular weight is 472 g/mol. The third kappa shape index (κ3) is 3.86. The van der Waals surface area contributed by atoms with Crippen molar-refractivity contribution in [2.24, 2.45) is 5.41 Å². The summed E-state index contributed by atoms with van der Waals surface area (Å²) in [7, 11) is 2.86. The van der Waals surface area contributed by atoms with E-state index >= 15 is 0 Å². The Morgan fingerprint density at radius 1 is 1.15 bits per heavy atom. The van der Waals surface area contributed by atoms with Crippen LogP contribution < -0.4 is 15.1 Å². The minimum atomic E-state index is -1.78. The van der Waals surface area contributed by atoms with E-state index in [1.54, 1.807) is 4.90 Å². The highest BCUT2D eigenvalue weighted by atomic mass is 19.1. The van der Waals surface area contributed by atoms with Gasteiger partial charge in [0, 0.05) is 38.6 Å². The lowest BCUT2D eigenvalue weighted by atomic mass is 9.74. The van der Waals surface area contributed by atoms with Crippen LogP contribution in [0.2, 0.25) is 0 Å². The number of anilines is 2. The van der Waals surface area contributed by atoms with Crippen LogP contribution in [0.4, 0.5) is 26.2 Å². The van der Waals surface area contributed by atoms with Crippen LogP contribution in [0.1, 0.15) is 5.56 Å². The number of ether oxygens (including phenoxy) is 2. The van der Waals surface area contributed by atoms with Crippen molar-refractivity contribution in [3.63, 3.8) is 0 Å². The predicted octanol–water partition coefficient (Wildman–Crippen LogP) is 1.98. The molecule has 2 heterocycles. The number of carbonyl (C=O) groups excluding carboxylic acids is 3. The maximum atomic E-state index is 13.7. The van der Waals surface area contributed by atoms with Crippen molar-refractivity contribution >= 4 is 34.9 Å². The lowest BCUT2D eigenvalue weighted by molar-refractivity contribution is -0.384. The maximum absolute atomic E-state index is 13.7. The molecule has 12 heteroatoms. The number of nitro groups is 1. The SMILES string of the molecule is COC(CN1CC2(Cc3cc([N+](=O)[O-])ccc31)C(=O)NC(=O)N(c1ccc(F)cc1)C2=O)OC. The monoisotopic (exact) mass is 472 g/mol. The van der Waals surface area contributed by atoms with Gasteiger partial charge < -0.3 is 14.4 Å². The zero-order chi connectivity index (χ0) is 24.6. The van der Waals surface area contributed by atoms with Gasteiger partial charge >= 0.3 is 6.03 Å². The van der Waals surface area contributed by atoms with Gasteiger partial charge in [-0.25, -0.2) is 14.1 Å². The molecule has 0 aliphatic carbocycles. The molecule has 1 atom stereocenters. The van der Waals surface area contributed by atoms with E-state index in [2.05, 4.69) is 5.32 Å². The van der Waals surface area contributed by atoms with Crippen LogP contribution in [0.15, 0.2) is 42.5 Å². The highest BCUT2D eigenvalue weighted by molar-refractivity contribution is 6.30. The first-order valence-electron chi connectivity index (χ1n) is 10.2. The molecular weight excluding hydrogens is 451 g/mol. The Bertz CT molecular complexity index is 1170. The van der Waals surface area contributed by atoms with Gasteiger partial charge in [-0.3, -0.25) is 25.0 Å². The number of carbonyl (C=O) groups is 3. The van der Waals surface area contributed by atoms with Gasteiger partial charge in [0.2, 0.25) is 5.91 Å². The standard InChI is InChI=1S/C22H21FN4O7/c1-33-18(34-2)11-25-12-22(10-13-9-16(27(31)32)7-8-17(13)25)19(28)24-21(30)26(20(22)29)15-5-3-14(23)4-6-15/h3-9,18H,10-12H2,1-2H3,(H,24,28,30). The fourth-order valence-corrected chi connectivity index (χ4v) is 4.31. The second-order valence-corrected chi connectivity index (χ2v) is 7.99. The molecule has 1 N–H and O–H groups in total. The molecule has 178 valence electrons. The van der Waals surface area contributed by atoms with Gasteiger partial charge in [0.15, 0.2) is 11.7 Å². The number of hydrogen-bond donors (Lipinski definition) is 1. The van der Waals surface area contributed by atoms with Crippen molar-refractivity contribution in [3.05, 3.63) is 64.0 Å². The second-order valence-electron chi connectivity index (χ2n) is 7.99. The molecule has 0 aromatic heterocycles. The first kappa shape index (κ1) is 23.3. The summed E-state index contributed by atoms with van der Waals surface area (Å²) >= 11 is 0. The van der Waals surface area contributed by atoms with Crippen molar-refractivity contribution in [2.75, 3.05) is 37.1 Å². The van der Waals surface area contributed by atoms with E-state index in [0.717, 1.165) is 17.0 Å². The summed E-state index contributed by atoms with van der Waals surface area (Å²) in [5, 5.41) is 13.6. The summed E-state index contributed by atoms with van der Waals surface area (Å²) in [5.41, 5.74) is -0.958. The van der Waals surface area contributed by atoms with Crippen LogP contribution in [0.3, 0.4) is 0 Å². The highest BCUT2D eigenvalue weighted by Gasteiger charge is 2.57. The van der Waals surface area contributed by atoms with E-state index in [-0.39, 0.29) is 30.9 Å². The first-order chi connectivity index (χ1) is 16.2. The smallest absolute Gasteiger partial charge is 0.335 e. The molecule has 0 saturated carbocycles. The number of non-ortho nitro benzene ring substituents is 1. The van der Waals surface area contributed by atoms with Crippen LogP contribution in [0.25, 0.3) is 0 Å². The summed E-state index contributed by atoms with van der Waals surface area (Å²) in [4.78, 5) is 52.7. The van der Waals surface area contributed by atoms with Crippen LogP contribution in [-0.2, 0) is 25.5 Å². The number of rotatable bonds is 6. The number of barbiturate groups is 1. The highest BCUT2D eigenvalue weighted by Crippen LogP contribution is 2.42. The normalized spacial score (nSPS) is 20.1. The van der Waals surface area contributed by atoms with Crippen LogP contribution in [0.5, 0.6) is 0 Å². The van der Waals surface area contributed by atoms with E-state index in [0.29, 0.717) is 11.3 Å². The number of amides is 4. The molecule has 1 fully saturated rings. The molecule has 34 heavy (non-hydrogen) atoms. The molecule has 1 unspecified atom stereocenters. The fraction of sp³-hybridized carbons (Fsp3) is 0.318. The Morgan fingerprint density at radius 2 is 1.82 bits per heavy atom. The van der Waals surface area contributed by atoms with Crippen molar-refractivity contribution in [3.8, 4) is 0 Å². The zero-order valence-corrected chi connectivity index (χ0v) is 18.3. The molecule has 2 aliphatic heterocycles. The topological polar surface area (TPSA) is 131 Å². The van der Waals surface area contributed by atoms with Crippen molar-refractivity contribution < 1.29 is 33.2 Å². The molecule has 1 saturated heterocycles. The van der Waals surface area contributed by atoms with Crippen molar-refractivity contribution in [1.29, 1.82) is 0 Å². The number of hydrogen-bond acceptors (Lipinski definition) is 8. The van der Waals surface area contributed by atoms with Gasteiger partial charge in [0.1, 0.15) is 5.82 Å². The van der Waals surface area contributed by atoms with Crippen molar-refractivity contribution in [1.82, 2.24) is 5.32 Å². The van der Waals surface area contributed by atoms with Gasteiger partial charge in [0.25, 0.3) is 11.6 Å². The molecule has 4 amide bonds. The third-order valence-electron chi connectivity index (χ3n) is 6.02. The lowest BCUT2D eigenvalue weighted by Crippen LogP contribution is -2.69. The Kier molecular flexibility index (Phi) is 6.02. The number of imide groups is 2. The molecule has 2 aliphatic rings. The lowest BCUT2D eigenvalue weighted by Gasteiger charge is -2.46. The maximum Gasteiger partial charge on any atom is 0.335 e. The summed E-state index contributed by atoms with van der Waals surface area (Å²) in [6.45, 7) is -0.0404.